The van der Waals surface area contributed by atoms with Gasteiger partial charge in [-0.05, 0) is 69.7 Å². The van der Waals surface area contributed by atoms with Crippen LogP contribution in [-0.4, -0.2) is 53.6 Å². The van der Waals surface area contributed by atoms with Crippen molar-refractivity contribution in [1.29, 1.82) is 0 Å². The van der Waals surface area contributed by atoms with Crippen LogP contribution in [0.2, 0.25) is 0 Å². The van der Waals surface area contributed by atoms with Crippen LogP contribution in [0.4, 0.5) is 4.39 Å². The normalized spacial score (nSPS) is 21.3. The number of hydrogen-bond donors (Lipinski definition) is 0. The number of ether oxygens (including phenoxy) is 2. The molecule has 0 N–H and O–H groups in total. The van der Waals surface area contributed by atoms with Gasteiger partial charge < -0.3 is 14.4 Å². The highest BCUT2D eigenvalue weighted by Crippen LogP contribution is 2.30. The Balaban J connectivity index is 0.00000204. The summed E-state index contributed by atoms with van der Waals surface area (Å²) in [6.07, 6.45) is 8.61. The standard InChI is InChI=1S/C26H36FN3O2.2ClH/c1-3-4-10-24-22(17-26(29-28-24)32-25-15-16-30(2)18-23(25)27)19-11-13-21(14-12-19)31-20-8-6-5-7-9-20;;/h11-14,17,20,23,25H,3-10,15-16,18H2,1-2H3;2*1H. The van der Waals surface area contributed by atoms with Crippen LogP contribution in [0.5, 0.6) is 11.6 Å². The van der Waals surface area contributed by atoms with Crippen molar-refractivity contribution in [3.05, 3.63) is 36.0 Å². The molecular weight excluding hydrogens is 476 g/mol. The Labute approximate surface area is 215 Å². The van der Waals surface area contributed by atoms with Gasteiger partial charge in [-0.3, -0.25) is 0 Å². The molecule has 190 valence electrons. The fourth-order valence-electron chi connectivity index (χ4n) is 4.65. The van der Waals surface area contributed by atoms with Crippen molar-refractivity contribution < 1.29 is 13.9 Å². The first-order chi connectivity index (χ1) is 15.6. The summed E-state index contributed by atoms with van der Waals surface area (Å²) in [4.78, 5) is 1.99. The van der Waals surface area contributed by atoms with Crippen molar-refractivity contribution >= 4 is 24.8 Å². The number of alkyl halides is 1. The van der Waals surface area contributed by atoms with E-state index in [2.05, 4.69) is 29.3 Å². The van der Waals surface area contributed by atoms with Crippen molar-refractivity contribution in [3.8, 4) is 22.8 Å². The number of rotatable bonds is 8. The zero-order valence-corrected chi connectivity index (χ0v) is 21.9. The molecule has 2 heterocycles. The van der Waals surface area contributed by atoms with Gasteiger partial charge in [-0.1, -0.05) is 31.9 Å². The summed E-state index contributed by atoms with van der Waals surface area (Å²) in [6.45, 7) is 3.38. The van der Waals surface area contributed by atoms with Gasteiger partial charge >= 0.3 is 0 Å². The average molecular weight is 515 g/mol. The van der Waals surface area contributed by atoms with Crippen LogP contribution >= 0.6 is 24.8 Å². The van der Waals surface area contributed by atoms with Crippen LogP contribution in [0.15, 0.2) is 30.3 Å². The summed E-state index contributed by atoms with van der Waals surface area (Å²) in [5.41, 5.74) is 3.03. The minimum Gasteiger partial charge on any atom is -0.490 e. The molecule has 4 rings (SSSR count). The minimum absolute atomic E-state index is 0. The third kappa shape index (κ3) is 7.69. The van der Waals surface area contributed by atoms with E-state index in [0.29, 0.717) is 24.9 Å². The number of likely N-dealkylation sites (tertiary alicyclic amines) is 1. The Morgan fingerprint density at radius 2 is 1.74 bits per heavy atom. The summed E-state index contributed by atoms with van der Waals surface area (Å²) in [6, 6.07) is 10.2. The number of halogens is 3. The van der Waals surface area contributed by atoms with E-state index in [4.69, 9.17) is 9.47 Å². The summed E-state index contributed by atoms with van der Waals surface area (Å²) < 4.78 is 26.6. The Kier molecular flexibility index (Phi) is 11.8. The second kappa shape index (κ2) is 14.1. The monoisotopic (exact) mass is 513 g/mol. The van der Waals surface area contributed by atoms with E-state index in [-0.39, 0.29) is 24.8 Å². The van der Waals surface area contributed by atoms with Crippen LogP contribution in [0.25, 0.3) is 11.1 Å². The van der Waals surface area contributed by atoms with E-state index in [1.165, 1.54) is 19.3 Å². The summed E-state index contributed by atoms with van der Waals surface area (Å²) in [7, 11) is 1.94. The van der Waals surface area contributed by atoms with Gasteiger partial charge in [0.1, 0.15) is 18.0 Å². The fourth-order valence-corrected chi connectivity index (χ4v) is 4.65. The molecule has 8 heteroatoms. The smallest absolute Gasteiger partial charge is 0.234 e. The molecule has 0 spiro atoms. The van der Waals surface area contributed by atoms with Gasteiger partial charge in [-0.2, -0.15) is 5.10 Å². The maximum absolute atomic E-state index is 14.5. The molecule has 2 unspecified atom stereocenters. The van der Waals surface area contributed by atoms with Gasteiger partial charge in [-0.15, -0.1) is 29.9 Å². The van der Waals surface area contributed by atoms with E-state index in [9.17, 15) is 4.39 Å². The van der Waals surface area contributed by atoms with Gasteiger partial charge in [0.15, 0.2) is 0 Å². The number of nitrogens with zero attached hydrogens (tertiary/aromatic N) is 3. The lowest BCUT2D eigenvalue weighted by molar-refractivity contribution is 0.0281. The molecule has 2 aromatic rings. The van der Waals surface area contributed by atoms with E-state index < -0.39 is 12.3 Å². The lowest BCUT2D eigenvalue weighted by atomic mass is 9.97. The lowest BCUT2D eigenvalue weighted by Gasteiger charge is -2.32. The highest BCUT2D eigenvalue weighted by atomic mass is 35.5. The first kappa shape index (κ1) is 28.6. The predicted molar refractivity (Wildman–Crippen MR) is 140 cm³/mol. The molecular formula is C26H38Cl2FN3O2. The van der Waals surface area contributed by atoms with Crippen molar-refractivity contribution in [2.24, 2.45) is 0 Å². The molecule has 0 bridgehead atoms. The number of unbranched alkanes of at least 4 members (excludes halogenated alkanes) is 1. The average Bonchev–Trinajstić information content (AvgIpc) is 2.81. The SMILES string of the molecule is CCCCc1nnc(OC2CCN(C)CC2F)cc1-c1ccc(OC2CCCCC2)cc1.Cl.Cl. The summed E-state index contributed by atoms with van der Waals surface area (Å²) in [5.74, 6) is 1.32. The predicted octanol–water partition coefficient (Wildman–Crippen LogP) is 6.46. The molecule has 0 radical (unpaired) electrons. The molecule has 1 aliphatic heterocycles. The van der Waals surface area contributed by atoms with Crippen molar-refractivity contribution in [2.45, 2.75) is 83.1 Å². The van der Waals surface area contributed by atoms with E-state index in [1.807, 2.05) is 30.1 Å². The number of aromatic nitrogens is 2. The molecule has 0 amide bonds. The van der Waals surface area contributed by atoms with E-state index >= 15 is 0 Å². The molecule has 34 heavy (non-hydrogen) atoms. The summed E-state index contributed by atoms with van der Waals surface area (Å²) >= 11 is 0. The Morgan fingerprint density at radius 1 is 1.00 bits per heavy atom. The van der Waals surface area contributed by atoms with Crippen molar-refractivity contribution in [1.82, 2.24) is 15.1 Å². The van der Waals surface area contributed by atoms with E-state index in [1.54, 1.807) is 0 Å². The Bertz CT molecular complexity index is 866. The highest BCUT2D eigenvalue weighted by Gasteiger charge is 2.30. The fraction of sp³-hybridized carbons (Fsp3) is 0.615. The molecule has 2 atom stereocenters. The van der Waals surface area contributed by atoms with Gasteiger partial charge in [0.05, 0.1) is 11.8 Å². The van der Waals surface area contributed by atoms with Gasteiger partial charge in [-0.25, -0.2) is 4.39 Å². The number of piperidine rings is 1. The summed E-state index contributed by atoms with van der Waals surface area (Å²) in [5, 5.41) is 8.76. The van der Waals surface area contributed by atoms with Gasteiger partial charge in [0.25, 0.3) is 0 Å². The molecule has 2 fully saturated rings. The number of hydrogen-bond acceptors (Lipinski definition) is 5. The molecule has 1 aromatic heterocycles. The molecule has 1 saturated carbocycles. The lowest BCUT2D eigenvalue weighted by Crippen LogP contribution is -2.45. The first-order valence-corrected chi connectivity index (χ1v) is 12.3. The number of aryl methyl sites for hydroxylation is 1. The third-order valence-electron chi connectivity index (χ3n) is 6.59. The van der Waals surface area contributed by atoms with Crippen LogP contribution in [-0.2, 0) is 6.42 Å². The van der Waals surface area contributed by atoms with Crippen LogP contribution in [0.3, 0.4) is 0 Å². The minimum atomic E-state index is -1.02. The van der Waals surface area contributed by atoms with Crippen LogP contribution in [0, 0.1) is 0 Å². The zero-order valence-electron chi connectivity index (χ0n) is 20.2. The highest BCUT2D eigenvalue weighted by molar-refractivity contribution is 5.85. The maximum Gasteiger partial charge on any atom is 0.234 e. The zero-order chi connectivity index (χ0) is 22.3. The second-order valence-corrected chi connectivity index (χ2v) is 9.27. The molecule has 1 aromatic carbocycles. The Morgan fingerprint density at radius 3 is 2.41 bits per heavy atom. The third-order valence-corrected chi connectivity index (χ3v) is 6.59. The largest absolute Gasteiger partial charge is 0.490 e. The molecule has 1 aliphatic carbocycles. The van der Waals surface area contributed by atoms with E-state index in [0.717, 1.165) is 61.2 Å². The van der Waals surface area contributed by atoms with Gasteiger partial charge in [0.2, 0.25) is 5.88 Å². The maximum atomic E-state index is 14.5. The number of benzene rings is 1. The quantitative estimate of drug-likeness (QED) is 0.405. The first-order valence-electron chi connectivity index (χ1n) is 12.3. The Hall–Kier alpha value is -1.63. The molecule has 5 nitrogen and oxygen atoms in total. The van der Waals surface area contributed by atoms with Crippen LogP contribution < -0.4 is 9.47 Å². The molecule has 1 saturated heterocycles. The topological polar surface area (TPSA) is 47.5 Å². The second-order valence-electron chi connectivity index (χ2n) is 9.27. The molecule has 2 aliphatic rings. The van der Waals surface area contributed by atoms with Gasteiger partial charge in [0, 0.05) is 24.7 Å². The van der Waals surface area contributed by atoms with Crippen molar-refractivity contribution in [2.75, 3.05) is 20.1 Å². The van der Waals surface area contributed by atoms with Crippen molar-refractivity contribution in [3.63, 3.8) is 0 Å². The van der Waals surface area contributed by atoms with Crippen LogP contribution in [0.1, 0.15) is 64.0 Å².